The number of hydrogen-bond acceptors (Lipinski definition) is 7. The van der Waals surface area contributed by atoms with E-state index in [0.29, 0.717) is 25.0 Å². The molecule has 0 aliphatic heterocycles. The number of hydrogen-bond donors (Lipinski definition) is 2. The zero-order valence-electron chi connectivity index (χ0n) is 28.9. The van der Waals surface area contributed by atoms with Crippen LogP contribution in [-0.4, -0.2) is 68.9 Å². The van der Waals surface area contributed by atoms with E-state index in [-0.39, 0.29) is 36.5 Å². The third-order valence-corrected chi connectivity index (χ3v) is 14.2. The Bertz CT molecular complexity index is 1660. The van der Waals surface area contributed by atoms with Crippen LogP contribution in [0.5, 0.6) is 0 Å². The smallest absolute Gasteiger partial charge is 0.269 e. The Morgan fingerprint density at radius 2 is 1.83 bits per heavy atom. The van der Waals surface area contributed by atoms with Crippen molar-refractivity contribution in [3.8, 4) is 6.07 Å². The number of carbonyl (C=O) groups excluding carboxylic acids is 4. The molecule has 3 fully saturated rings. The minimum absolute atomic E-state index is 0.114. The number of aryl methyl sites for hydroxylation is 1. The van der Waals surface area contributed by atoms with E-state index < -0.39 is 50.4 Å². The van der Waals surface area contributed by atoms with E-state index in [0.717, 1.165) is 31.3 Å². The first kappa shape index (κ1) is 33.3. The first-order valence-electron chi connectivity index (χ1n) is 17.0. The van der Waals surface area contributed by atoms with Gasteiger partial charge >= 0.3 is 0 Å². The van der Waals surface area contributed by atoms with Crippen LogP contribution in [-0.2, 0) is 21.4 Å². The van der Waals surface area contributed by atoms with E-state index in [1.807, 2.05) is 13.0 Å². The van der Waals surface area contributed by atoms with Crippen molar-refractivity contribution in [2.45, 2.75) is 85.2 Å². The molecule has 3 saturated carbocycles. The second-order valence-electron chi connectivity index (χ2n) is 16.5. The predicted octanol–water partition coefficient (Wildman–Crippen LogP) is 4.16. The topological polar surface area (TPSA) is 145 Å². The summed E-state index contributed by atoms with van der Waals surface area (Å²) in [7, 11) is 3.33. The lowest BCUT2D eigenvalue weighted by molar-refractivity contribution is -0.252. The van der Waals surface area contributed by atoms with E-state index in [9.17, 15) is 29.5 Å². The average Bonchev–Trinajstić information content (AvgIpc) is 3.46. The highest BCUT2D eigenvalue weighted by Gasteiger charge is 2.76. The summed E-state index contributed by atoms with van der Waals surface area (Å²) in [6.45, 7) is 10.6. The van der Waals surface area contributed by atoms with Crippen LogP contribution < -0.4 is 5.32 Å². The van der Waals surface area contributed by atoms with Crippen LogP contribution in [0.25, 0.3) is 0 Å². The summed E-state index contributed by atoms with van der Waals surface area (Å²) < 4.78 is 1.44. The number of ketones is 2. The number of nitrogens with one attached hydrogen (secondary N) is 1. The normalized spacial score (nSPS) is 42.2. The molecule has 6 rings (SSSR count). The maximum atomic E-state index is 14.7. The second kappa shape index (κ2) is 10.7. The Labute approximate surface area is 277 Å². The van der Waals surface area contributed by atoms with Gasteiger partial charge in [0.25, 0.3) is 5.91 Å². The monoisotopic (exact) mass is 643 g/mol. The van der Waals surface area contributed by atoms with Gasteiger partial charge in [-0.2, -0.15) is 10.4 Å². The lowest BCUT2D eigenvalue weighted by Crippen LogP contribution is -2.75. The number of nitrogens with zero attached hydrogens (tertiary/aromatic N) is 4. The predicted molar refractivity (Wildman–Crippen MR) is 174 cm³/mol. The molecular weight excluding hydrogens is 594 g/mol. The molecule has 0 bridgehead atoms. The summed E-state index contributed by atoms with van der Waals surface area (Å²) in [5.74, 6) is -2.14. The Kier molecular flexibility index (Phi) is 7.60. The molecule has 5 aliphatic carbocycles. The molecule has 0 spiro atoms. The third kappa shape index (κ3) is 4.48. The second-order valence-corrected chi connectivity index (χ2v) is 16.5. The summed E-state index contributed by atoms with van der Waals surface area (Å²) in [6.07, 6.45) is 11.7. The third-order valence-electron chi connectivity index (χ3n) is 14.2. The summed E-state index contributed by atoms with van der Waals surface area (Å²) in [5, 5.41) is 30.8. The zero-order valence-corrected chi connectivity index (χ0v) is 28.9. The lowest BCUT2D eigenvalue weighted by atomic mass is 9.32. The quantitative estimate of drug-likeness (QED) is 0.490. The number of carbonyl (C=O) groups is 4. The molecule has 10 nitrogen and oxygen atoms in total. The molecule has 1 heterocycles. The largest absolute Gasteiger partial charge is 0.381 e. The van der Waals surface area contributed by atoms with Gasteiger partial charge < -0.3 is 15.3 Å². The fourth-order valence-corrected chi connectivity index (χ4v) is 10.9. The van der Waals surface area contributed by atoms with Gasteiger partial charge in [-0.15, -0.1) is 0 Å². The number of aromatic nitrogens is 2. The fraction of sp³-hybridized carbons (Fsp3) is 0.676. The van der Waals surface area contributed by atoms with Crippen LogP contribution >= 0.6 is 0 Å². The van der Waals surface area contributed by atoms with Gasteiger partial charge in [-0.05, 0) is 79.1 Å². The number of likely N-dealkylation sites (N-methyl/N-ethyl adjacent to an activating group) is 1. The van der Waals surface area contributed by atoms with Gasteiger partial charge in [0.15, 0.2) is 11.6 Å². The van der Waals surface area contributed by atoms with E-state index in [1.54, 1.807) is 37.2 Å². The van der Waals surface area contributed by atoms with Gasteiger partial charge in [0.1, 0.15) is 11.3 Å². The molecule has 252 valence electrons. The Morgan fingerprint density at radius 3 is 2.49 bits per heavy atom. The fourth-order valence-electron chi connectivity index (χ4n) is 10.9. The summed E-state index contributed by atoms with van der Waals surface area (Å²) in [4.78, 5) is 54.5. The molecule has 9 unspecified atom stereocenters. The van der Waals surface area contributed by atoms with Crippen molar-refractivity contribution in [1.82, 2.24) is 20.0 Å². The van der Waals surface area contributed by atoms with Crippen LogP contribution in [0.4, 0.5) is 0 Å². The van der Waals surface area contributed by atoms with Crippen molar-refractivity contribution in [1.29, 1.82) is 5.26 Å². The van der Waals surface area contributed by atoms with Gasteiger partial charge in [0.05, 0.1) is 18.5 Å². The first-order chi connectivity index (χ1) is 21.9. The molecular formula is C37H49N5O5. The Morgan fingerprint density at radius 1 is 1.13 bits per heavy atom. The van der Waals surface area contributed by atoms with Crippen molar-refractivity contribution in [3.63, 3.8) is 0 Å². The van der Waals surface area contributed by atoms with Crippen molar-refractivity contribution >= 4 is 23.4 Å². The summed E-state index contributed by atoms with van der Waals surface area (Å²) in [6, 6.07) is 4.15. The molecule has 0 aromatic carbocycles. The maximum Gasteiger partial charge on any atom is 0.269 e. The number of nitriles is 1. The van der Waals surface area contributed by atoms with Crippen molar-refractivity contribution < 1.29 is 24.3 Å². The Balaban J connectivity index is 1.32. The van der Waals surface area contributed by atoms with Gasteiger partial charge in [-0.25, -0.2) is 0 Å². The van der Waals surface area contributed by atoms with Crippen molar-refractivity contribution in [2.75, 3.05) is 20.1 Å². The highest BCUT2D eigenvalue weighted by molar-refractivity contribution is 6.01. The van der Waals surface area contributed by atoms with Gasteiger partial charge in [-0.1, -0.05) is 40.7 Å². The number of aliphatic hydroxyl groups is 1. The van der Waals surface area contributed by atoms with E-state index >= 15 is 0 Å². The summed E-state index contributed by atoms with van der Waals surface area (Å²) >= 11 is 0. The highest BCUT2D eigenvalue weighted by atomic mass is 16.3. The van der Waals surface area contributed by atoms with Gasteiger partial charge in [0, 0.05) is 55.4 Å². The van der Waals surface area contributed by atoms with Crippen LogP contribution in [0.1, 0.15) is 90.1 Å². The number of amides is 2. The van der Waals surface area contributed by atoms with Crippen LogP contribution in [0, 0.1) is 56.2 Å². The number of fused-ring (bicyclic) bond motifs is 7. The maximum absolute atomic E-state index is 14.7. The van der Waals surface area contributed by atoms with E-state index in [4.69, 9.17) is 0 Å². The Hall–Kier alpha value is -3.58. The first-order valence-corrected chi connectivity index (χ1v) is 17.0. The molecule has 10 heteroatoms. The average molecular weight is 644 g/mol. The number of rotatable bonds is 5. The van der Waals surface area contributed by atoms with Crippen LogP contribution in [0.3, 0.4) is 0 Å². The molecule has 2 amide bonds. The van der Waals surface area contributed by atoms with Gasteiger partial charge in [0.2, 0.25) is 5.91 Å². The standard InChI is InChI=1S/C37H49N5O5/c1-32-13-14-33(2,22-41(6)29(45)21-39-31(46)26-10-17-40-42(26)7)25(20-38)30(32)37(47)28(44)19-27-34(3)11-9-24(43)18-23(34)8-12-35(27,4)36(37,5)16-15-32/h9-11,17,19,23,25,30,47H,8,12-16,18,21-22H2,1-7H3,(H,39,46). The lowest BCUT2D eigenvalue weighted by Gasteiger charge is -2.71. The minimum atomic E-state index is -1.78. The molecule has 1 aromatic heterocycles. The number of allylic oxidation sites excluding steroid dienone is 3. The SMILES string of the molecule is CN(CC1(C)CCC2(C)CCC3(C)C4(C)CCC5CC(=O)C=CC5(C)C4=CC(=O)C3(O)C2C1C#N)C(=O)CNC(=O)c1ccnn1C. The van der Waals surface area contributed by atoms with E-state index in [1.165, 1.54) is 10.9 Å². The molecule has 0 radical (unpaired) electrons. The van der Waals surface area contributed by atoms with Crippen LogP contribution in [0.15, 0.2) is 36.1 Å². The van der Waals surface area contributed by atoms with Gasteiger partial charge in [-0.3, -0.25) is 23.9 Å². The van der Waals surface area contributed by atoms with E-state index in [2.05, 4.69) is 44.2 Å². The minimum Gasteiger partial charge on any atom is -0.381 e. The highest BCUT2D eigenvalue weighted by Crippen LogP contribution is 2.75. The molecule has 47 heavy (non-hydrogen) atoms. The van der Waals surface area contributed by atoms with Crippen molar-refractivity contribution in [3.05, 3.63) is 41.8 Å². The molecule has 0 saturated heterocycles. The summed E-state index contributed by atoms with van der Waals surface area (Å²) in [5.41, 5.74) is -3.37. The molecule has 5 aliphatic rings. The zero-order chi connectivity index (χ0) is 34.4. The molecule has 9 atom stereocenters. The molecule has 1 aromatic rings. The van der Waals surface area contributed by atoms with Crippen molar-refractivity contribution in [2.24, 2.45) is 51.9 Å². The van der Waals surface area contributed by atoms with Crippen LogP contribution in [0.2, 0.25) is 0 Å². The molecule has 2 N–H and O–H groups in total.